The third kappa shape index (κ3) is 5.86. The van der Waals surface area contributed by atoms with Crippen molar-refractivity contribution in [3.05, 3.63) is 58.4 Å². The van der Waals surface area contributed by atoms with Gasteiger partial charge in [0.25, 0.3) is 5.91 Å². The lowest BCUT2D eigenvalue weighted by Gasteiger charge is -2.20. The van der Waals surface area contributed by atoms with E-state index < -0.39 is 21.9 Å². The van der Waals surface area contributed by atoms with Gasteiger partial charge in [0.1, 0.15) is 6.54 Å². The van der Waals surface area contributed by atoms with E-state index in [-0.39, 0.29) is 42.9 Å². The fraction of sp³-hybridized carbons (Fsp3) is 0.292. The van der Waals surface area contributed by atoms with Gasteiger partial charge in [-0.15, -0.1) is 0 Å². The van der Waals surface area contributed by atoms with Crippen LogP contribution in [0.2, 0.25) is 0 Å². The number of sulfonamides is 1. The average molecular weight is 526 g/mol. The molecule has 0 spiro atoms. The van der Waals surface area contributed by atoms with Crippen LogP contribution in [0, 0.1) is 29.6 Å². The third-order valence-electron chi connectivity index (χ3n) is 5.30. The maximum Gasteiger partial charge on any atom is 0.325 e. The Labute approximate surface area is 212 Å². The number of benzene rings is 2. The summed E-state index contributed by atoms with van der Waals surface area (Å²) in [6.45, 7) is 1.69. The number of carbonyl (C=O) groups is 2. The minimum atomic E-state index is -3.96. The van der Waals surface area contributed by atoms with Gasteiger partial charge in [-0.1, -0.05) is 23.5 Å². The van der Waals surface area contributed by atoms with Gasteiger partial charge in [-0.2, -0.15) is 19.8 Å². The number of amides is 1. The summed E-state index contributed by atoms with van der Waals surface area (Å²) in [5, 5.41) is 17.7. The van der Waals surface area contributed by atoms with Crippen molar-refractivity contribution in [1.82, 2.24) is 8.87 Å². The molecule has 0 aliphatic carbocycles. The molecule has 36 heavy (non-hydrogen) atoms. The molecule has 0 aliphatic heterocycles. The quantitative estimate of drug-likeness (QED) is 0.390. The zero-order chi connectivity index (χ0) is 26.3. The number of fused-ring (bicyclic) bond motifs is 1. The van der Waals surface area contributed by atoms with Crippen LogP contribution in [-0.4, -0.2) is 49.4 Å². The molecule has 0 saturated heterocycles. The van der Waals surface area contributed by atoms with E-state index in [9.17, 15) is 18.0 Å². The molecule has 1 amide bonds. The molecule has 12 heteroatoms. The van der Waals surface area contributed by atoms with Crippen LogP contribution in [0.4, 0.5) is 0 Å². The molecule has 186 valence electrons. The molecule has 0 unspecified atom stereocenters. The van der Waals surface area contributed by atoms with Gasteiger partial charge < -0.3 is 9.30 Å². The van der Waals surface area contributed by atoms with Crippen molar-refractivity contribution in [1.29, 1.82) is 10.5 Å². The Kier molecular flexibility index (Phi) is 8.72. The number of esters is 1. The number of nitrogens with zero attached hydrogens (tertiary/aromatic N) is 5. The summed E-state index contributed by atoms with van der Waals surface area (Å²) in [6, 6.07) is 14.7. The Morgan fingerprint density at radius 2 is 1.72 bits per heavy atom. The monoisotopic (exact) mass is 525 g/mol. The minimum Gasteiger partial charge on any atom is -0.468 e. The van der Waals surface area contributed by atoms with Gasteiger partial charge in [0.05, 0.1) is 34.4 Å². The molecule has 3 rings (SSSR count). The molecule has 0 saturated carbocycles. The van der Waals surface area contributed by atoms with Crippen LogP contribution in [0.25, 0.3) is 10.2 Å². The van der Waals surface area contributed by atoms with Crippen LogP contribution in [0.3, 0.4) is 0 Å². The molecule has 1 heterocycles. The summed E-state index contributed by atoms with van der Waals surface area (Å²) in [5.41, 5.74) is 1.84. The Hall–Kier alpha value is -3.84. The number of hydrogen-bond acceptors (Lipinski definition) is 8. The first-order valence-corrected chi connectivity index (χ1v) is 13.1. The molecule has 0 fully saturated rings. The number of ether oxygens (including phenoxy) is 1. The lowest BCUT2D eigenvalue weighted by Crippen LogP contribution is -2.32. The molecule has 0 radical (unpaired) electrons. The summed E-state index contributed by atoms with van der Waals surface area (Å²) < 4.78 is 34.3. The maximum absolute atomic E-state index is 13.0. The van der Waals surface area contributed by atoms with Gasteiger partial charge in [0.15, 0.2) is 4.80 Å². The summed E-state index contributed by atoms with van der Waals surface area (Å²) in [6.07, 6.45) is -0.0271. The number of hydrogen-bond donors (Lipinski definition) is 0. The van der Waals surface area contributed by atoms with Crippen LogP contribution in [-0.2, 0) is 26.1 Å². The second kappa shape index (κ2) is 11.7. The number of aryl methyl sites for hydroxylation is 1. The largest absolute Gasteiger partial charge is 0.468 e. The number of thiazole rings is 1. The van der Waals surface area contributed by atoms with E-state index in [0.717, 1.165) is 20.1 Å². The SMILES string of the molecule is COC(=O)Cn1c(=NC(=O)c2ccc(S(=O)(=O)N(CCC#N)CCC#N)cc2)sc2cccc(C)c21. The summed E-state index contributed by atoms with van der Waals surface area (Å²) in [4.78, 5) is 29.4. The third-order valence-corrected chi connectivity index (χ3v) is 8.26. The summed E-state index contributed by atoms with van der Waals surface area (Å²) >= 11 is 1.25. The van der Waals surface area contributed by atoms with E-state index in [1.807, 2.05) is 37.3 Å². The highest BCUT2D eigenvalue weighted by molar-refractivity contribution is 7.89. The lowest BCUT2D eigenvalue weighted by atomic mass is 10.2. The molecule has 0 bridgehead atoms. The fourth-order valence-corrected chi connectivity index (χ4v) is 6.05. The van der Waals surface area contributed by atoms with E-state index in [1.54, 1.807) is 4.57 Å². The summed E-state index contributed by atoms with van der Waals surface area (Å²) in [7, 11) is -2.67. The van der Waals surface area contributed by atoms with E-state index in [1.165, 1.54) is 42.7 Å². The molecule has 2 aromatic carbocycles. The number of rotatable bonds is 9. The summed E-state index contributed by atoms with van der Waals surface area (Å²) in [5.74, 6) is -1.09. The fourth-order valence-electron chi connectivity index (χ4n) is 3.50. The highest BCUT2D eigenvalue weighted by atomic mass is 32.2. The van der Waals surface area contributed by atoms with E-state index >= 15 is 0 Å². The zero-order valence-corrected chi connectivity index (χ0v) is 21.3. The molecule has 1 aromatic heterocycles. The van der Waals surface area contributed by atoms with Crippen LogP contribution < -0.4 is 4.80 Å². The van der Waals surface area contributed by atoms with Crippen molar-refractivity contribution in [3.8, 4) is 12.1 Å². The first-order valence-electron chi connectivity index (χ1n) is 10.8. The van der Waals surface area contributed by atoms with E-state index in [4.69, 9.17) is 15.3 Å². The first-order chi connectivity index (χ1) is 17.2. The number of para-hydroxylation sites is 1. The lowest BCUT2D eigenvalue weighted by molar-refractivity contribution is -0.141. The molecule has 0 aliphatic rings. The van der Waals surface area contributed by atoms with E-state index in [0.29, 0.717) is 4.80 Å². The molecule has 3 aromatic rings. The Bertz CT molecular complexity index is 1520. The van der Waals surface area contributed by atoms with Gasteiger partial charge >= 0.3 is 5.97 Å². The molecule has 0 atom stereocenters. The normalized spacial score (nSPS) is 11.9. The van der Waals surface area contributed by atoms with Crippen LogP contribution in [0.15, 0.2) is 52.4 Å². The van der Waals surface area contributed by atoms with Gasteiger partial charge in [-0.3, -0.25) is 9.59 Å². The van der Waals surface area contributed by atoms with Gasteiger partial charge in [0.2, 0.25) is 10.0 Å². The van der Waals surface area contributed by atoms with E-state index in [2.05, 4.69) is 4.99 Å². The highest BCUT2D eigenvalue weighted by Crippen LogP contribution is 2.22. The number of carbonyl (C=O) groups excluding carboxylic acids is 2. The van der Waals surface area contributed by atoms with Crippen LogP contribution in [0.1, 0.15) is 28.8 Å². The number of methoxy groups -OCH3 is 1. The van der Waals surface area contributed by atoms with Crippen molar-refractivity contribution in [3.63, 3.8) is 0 Å². The highest BCUT2D eigenvalue weighted by Gasteiger charge is 2.24. The maximum atomic E-state index is 13.0. The predicted octanol–water partition coefficient (Wildman–Crippen LogP) is 2.74. The van der Waals surface area contributed by atoms with Crippen LogP contribution >= 0.6 is 11.3 Å². The standard InChI is InChI=1S/C24H23N5O5S2/c1-17-6-3-7-20-22(17)29(16-21(30)34-2)24(35-20)27-23(31)18-8-10-19(11-9-18)36(32,33)28(14-4-12-25)15-5-13-26/h3,6-11H,4-5,14-16H2,1-2H3. The molecular weight excluding hydrogens is 502 g/mol. The minimum absolute atomic E-state index is 0.0136. The second-order valence-electron chi connectivity index (χ2n) is 7.63. The van der Waals surface area contributed by atoms with Crippen molar-refractivity contribution < 1.29 is 22.7 Å². The second-order valence-corrected chi connectivity index (χ2v) is 10.6. The van der Waals surface area contributed by atoms with Crippen molar-refractivity contribution >= 4 is 43.5 Å². The molecule has 10 nitrogen and oxygen atoms in total. The van der Waals surface area contributed by atoms with Gasteiger partial charge in [-0.05, 0) is 42.8 Å². The molecular formula is C24H23N5O5S2. The van der Waals surface area contributed by atoms with Crippen LogP contribution in [0.5, 0.6) is 0 Å². The smallest absolute Gasteiger partial charge is 0.325 e. The predicted molar refractivity (Wildman–Crippen MR) is 132 cm³/mol. The van der Waals surface area contributed by atoms with Crippen molar-refractivity contribution in [2.45, 2.75) is 31.2 Å². The van der Waals surface area contributed by atoms with Crippen molar-refractivity contribution in [2.75, 3.05) is 20.2 Å². The van der Waals surface area contributed by atoms with Gasteiger partial charge in [-0.25, -0.2) is 8.42 Å². The number of nitriles is 2. The Morgan fingerprint density at radius 1 is 1.08 bits per heavy atom. The Morgan fingerprint density at radius 3 is 2.31 bits per heavy atom. The average Bonchev–Trinajstić information content (AvgIpc) is 3.21. The topological polar surface area (TPSA) is 146 Å². The molecule has 0 N–H and O–H groups in total. The first kappa shape index (κ1) is 26.8. The van der Waals surface area contributed by atoms with Gasteiger partial charge in [0, 0.05) is 31.5 Å². The Balaban J connectivity index is 1.96. The number of aromatic nitrogens is 1. The zero-order valence-electron chi connectivity index (χ0n) is 19.7. The van der Waals surface area contributed by atoms with Crippen molar-refractivity contribution in [2.24, 2.45) is 4.99 Å².